The Morgan fingerprint density at radius 1 is 0.696 bits per heavy atom. The fourth-order valence-electron chi connectivity index (χ4n) is 2.34. The molecule has 4 nitrogen and oxygen atoms in total. The van der Waals surface area contributed by atoms with Crippen LogP contribution in [-0.4, -0.2) is 20.2 Å². The van der Waals surface area contributed by atoms with E-state index in [0.717, 1.165) is 27.4 Å². The number of aromatic nitrogens is 4. The lowest BCUT2D eigenvalue weighted by Gasteiger charge is -2.08. The minimum Gasteiger partial charge on any atom is -0.252 e. The molecule has 2 aromatic heterocycles. The molecule has 0 saturated carbocycles. The first-order valence-corrected chi connectivity index (χ1v) is 8.04. The highest BCUT2D eigenvalue weighted by Gasteiger charge is 2.14. The van der Waals surface area contributed by atoms with Crippen LogP contribution in [0.15, 0.2) is 72.4 Å². The Bertz CT molecular complexity index is 906. The van der Waals surface area contributed by atoms with Crippen molar-refractivity contribution in [3.63, 3.8) is 0 Å². The van der Waals surface area contributed by atoms with Gasteiger partial charge in [0.25, 0.3) is 0 Å². The number of rotatable bonds is 3. The molecule has 2 heterocycles. The second-order valence-corrected chi connectivity index (χ2v) is 5.82. The van der Waals surface area contributed by atoms with Crippen LogP contribution in [0.25, 0.3) is 33.2 Å². The van der Waals surface area contributed by atoms with Gasteiger partial charge in [-0.2, -0.15) is 0 Å². The lowest BCUT2D eigenvalue weighted by atomic mass is 10.0. The Labute approximate surface area is 137 Å². The quantitative estimate of drug-likeness (QED) is 0.564. The van der Waals surface area contributed by atoms with E-state index in [9.17, 15) is 0 Å². The third-order valence-corrected chi connectivity index (χ3v) is 4.20. The van der Waals surface area contributed by atoms with Gasteiger partial charge in [-0.05, 0) is 0 Å². The third kappa shape index (κ3) is 2.74. The fourth-order valence-corrected chi connectivity index (χ4v) is 2.89. The summed E-state index contributed by atoms with van der Waals surface area (Å²) in [4.78, 5) is 9.76. The zero-order valence-corrected chi connectivity index (χ0v) is 12.9. The molecule has 5 heteroatoms. The van der Waals surface area contributed by atoms with Crippen molar-refractivity contribution >= 4 is 11.3 Å². The van der Waals surface area contributed by atoms with Crippen LogP contribution in [0.3, 0.4) is 0 Å². The van der Waals surface area contributed by atoms with Crippen molar-refractivity contribution in [2.45, 2.75) is 0 Å². The first kappa shape index (κ1) is 13.7. The summed E-state index contributed by atoms with van der Waals surface area (Å²) in [6, 6.07) is 20.1. The van der Waals surface area contributed by atoms with Crippen LogP contribution in [-0.2, 0) is 0 Å². The Hall–Kier alpha value is -2.92. The van der Waals surface area contributed by atoms with E-state index in [4.69, 9.17) is 4.98 Å². The minimum atomic E-state index is 0.603. The van der Waals surface area contributed by atoms with Crippen LogP contribution < -0.4 is 0 Å². The van der Waals surface area contributed by atoms with Gasteiger partial charge >= 0.3 is 0 Å². The van der Waals surface area contributed by atoms with Crippen LogP contribution in [0, 0.1) is 0 Å². The van der Waals surface area contributed by atoms with E-state index in [1.165, 1.54) is 11.3 Å². The van der Waals surface area contributed by atoms with Crippen molar-refractivity contribution in [2.24, 2.45) is 0 Å². The van der Waals surface area contributed by atoms with Gasteiger partial charge in [0.15, 0.2) is 5.82 Å². The zero-order chi connectivity index (χ0) is 15.5. The summed E-state index contributed by atoms with van der Waals surface area (Å²) in [7, 11) is 0. The molecule has 4 rings (SSSR count). The number of hydrogen-bond acceptors (Lipinski definition) is 5. The van der Waals surface area contributed by atoms with Gasteiger partial charge in [-0.1, -0.05) is 60.7 Å². The molecule has 2 aromatic carbocycles. The Kier molecular flexibility index (Phi) is 3.62. The fraction of sp³-hybridized carbons (Fsp3) is 0. The molecule has 0 aliphatic heterocycles. The van der Waals surface area contributed by atoms with Gasteiger partial charge < -0.3 is 0 Å². The van der Waals surface area contributed by atoms with Gasteiger partial charge in [-0.15, -0.1) is 21.5 Å². The summed E-state index contributed by atoms with van der Waals surface area (Å²) in [5.74, 6) is 0.603. The smallest absolute Gasteiger partial charge is 0.194 e. The Balaban J connectivity index is 1.93. The molecule has 23 heavy (non-hydrogen) atoms. The monoisotopic (exact) mass is 316 g/mol. The molecule has 110 valence electrons. The van der Waals surface area contributed by atoms with E-state index in [2.05, 4.69) is 15.2 Å². The van der Waals surface area contributed by atoms with E-state index >= 15 is 0 Å². The van der Waals surface area contributed by atoms with Gasteiger partial charge in [0.1, 0.15) is 11.4 Å². The van der Waals surface area contributed by atoms with Crippen LogP contribution in [0.1, 0.15) is 0 Å². The summed E-state index contributed by atoms with van der Waals surface area (Å²) in [5, 5.41) is 8.74. The van der Waals surface area contributed by atoms with Crippen LogP contribution in [0.5, 0.6) is 0 Å². The van der Waals surface area contributed by atoms with Crippen molar-refractivity contribution in [3.8, 4) is 33.2 Å². The molecule has 0 aliphatic carbocycles. The SMILES string of the molecule is c1ccc(-c2nnc(-c3cncs3)nc2-c2ccccc2)cc1. The van der Waals surface area contributed by atoms with Crippen molar-refractivity contribution in [1.82, 2.24) is 20.2 Å². The molecule has 0 aliphatic rings. The van der Waals surface area contributed by atoms with E-state index in [1.807, 2.05) is 60.7 Å². The molecule has 0 fully saturated rings. The summed E-state index contributed by atoms with van der Waals surface area (Å²) in [6.45, 7) is 0. The number of benzene rings is 2. The predicted octanol–water partition coefficient (Wildman–Crippen LogP) is 4.33. The highest BCUT2D eigenvalue weighted by molar-refractivity contribution is 7.13. The van der Waals surface area contributed by atoms with E-state index < -0.39 is 0 Å². The third-order valence-electron chi connectivity index (χ3n) is 3.43. The van der Waals surface area contributed by atoms with Gasteiger partial charge in [0.05, 0.1) is 10.4 Å². The molecule has 0 spiro atoms. The second kappa shape index (κ2) is 6.06. The van der Waals surface area contributed by atoms with Crippen molar-refractivity contribution in [1.29, 1.82) is 0 Å². The maximum Gasteiger partial charge on any atom is 0.194 e. The highest BCUT2D eigenvalue weighted by Crippen LogP contribution is 2.30. The van der Waals surface area contributed by atoms with Crippen LogP contribution in [0.4, 0.5) is 0 Å². The van der Waals surface area contributed by atoms with Gasteiger partial charge in [-0.3, -0.25) is 4.98 Å². The first-order chi connectivity index (χ1) is 11.4. The topological polar surface area (TPSA) is 51.6 Å². The van der Waals surface area contributed by atoms with Gasteiger partial charge in [0.2, 0.25) is 0 Å². The average molecular weight is 316 g/mol. The summed E-state index contributed by atoms with van der Waals surface area (Å²) in [6.07, 6.45) is 1.76. The first-order valence-electron chi connectivity index (χ1n) is 7.16. The largest absolute Gasteiger partial charge is 0.252 e. The maximum absolute atomic E-state index is 4.76. The number of thiazole rings is 1. The summed E-state index contributed by atoms with van der Waals surface area (Å²) in [5.41, 5.74) is 5.40. The predicted molar refractivity (Wildman–Crippen MR) is 91.8 cm³/mol. The normalized spacial score (nSPS) is 10.6. The number of nitrogens with zero attached hydrogens (tertiary/aromatic N) is 4. The van der Waals surface area contributed by atoms with E-state index in [-0.39, 0.29) is 0 Å². The molecule has 0 radical (unpaired) electrons. The maximum atomic E-state index is 4.76. The highest BCUT2D eigenvalue weighted by atomic mass is 32.1. The molecule has 0 atom stereocenters. The average Bonchev–Trinajstić information content (AvgIpc) is 3.17. The number of hydrogen-bond donors (Lipinski definition) is 0. The van der Waals surface area contributed by atoms with Crippen LogP contribution in [0.2, 0.25) is 0 Å². The van der Waals surface area contributed by atoms with Crippen molar-refractivity contribution in [3.05, 3.63) is 72.4 Å². The molecule has 0 N–H and O–H groups in total. The Morgan fingerprint density at radius 3 is 1.96 bits per heavy atom. The Morgan fingerprint density at radius 2 is 1.35 bits per heavy atom. The molecule has 4 aromatic rings. The van der Waals surface area contributed by atoms with E-state index in [1.54, 1.807) is 11.7 Å². The molecular weight excluding hydrogens is 304 g/mol. The van der Waals surface area contributed by atoms with Crippen molar-refractivity contribution < 1.29 is 0 Å². The zero-order valence-electron chi connectivity index (χ0n) is 12.1. The molecule has 0 saturated heterocycles. The van der Waals surface area contributed by atoms with Crippen molar-refractivity contribution in [2.75, 3.05) is 0 Å². The van der Waals surface area contributed by atoms with Crippen LogP contribution >= 0.6 is 11.3 Å². The molecule has 0 unspecified atom stereocenters. The summed E-state index contributed by atoms with van der Waals surface area (Å²) >= 11 is 1.51. The molecule has 0 amide bonds. The standard InChI is InChI=1S/C18H12N4S/c1-3-7-13(8-4-1)16-17(14-9-5-2-6-10-14)21-22-18(20-16)15-11-19-12-23-15/h1-12H. The van der Waals surface area contributed by atoms with Gasteiger partial charge in [0, 0.05) is 17.3 Å². The lowest BCUT2D eigenvalue weighted by Crippen LogP contribution is -1.99. The minimum absolute atomic E-state index is 0.603. The van der Waals surface area contributed by atoms with E-state index in [0.29, 0.717) is 5.82 Å². The molecular formula is C18H12N4S. The molecule has 0 bridgehead atoms. The lowest BCUT2D eigenvalue weighted by molar-refractivity contribution is 0.994. The summed E-state index contributed by atoms with van der Waals surface area (Å²) < 4.78 is 0. The van der Waals surface area contributed by atoms with Gasteiger partial charge in [-0.25, -0.2) is 4.98 Å². The second-order valence-electron chi connectivity index (χ2n) is 4.93.